The topological polar surface area (TPSA) is 107 Å². The second kappa shape index (κ2) is 18.7. The number of unbranched alkanes of at least 4 members (excludes halogenated alkanes) is 15. The van der Waals surface area contributed by atoms with Gasteiger partial charge >= 0.3 is 0 Å². The predicted molar refractivity (Wildman–Crippen MR) is 146 cm³/mol. The Kier molecular flexibility index (Phi) is 15.8. The zero-order valence-electron chi connectivity index (χ0n) is 21.2. The van der Waals surface area contributed by atoms with Crippen molar-refractivity contribution in [3.05, 3.63) is 16.7 Å². The van der Waals surface area contributed by atoms with E-state index in [1.165, 1.54) is 103 Å². The van der Waals surface area contributed by atoms with Crippen LogP contribution in [0.5, 0.6) is 0 Å². The predicted octanol–water partition coefficient (Wildman–Crippen LogP) is 6.76. The molecule has 1 atom stereocenters. The zero-order valence-corrected chi connectivity index (χ0v) is 22.1. The second-order valence-corrected chi connectivity index (χ2v) is 10.6. The SMILES string of the molecule is CCCCCCCCCCCCCCCCCCSC(O)CCNc1nc2nc[nH]c2c(=O)[nH]1. The van der Waals surface area contributed by atoms with Gasteiger partial charge in [-0.25, -0.2) is 4.98 Å². The number of hydrogen-bond acceptors (Lipinski definition) is 6. The van der Waals surface area contributed by atoms with E-state index >= 15 is 0 Å². The first-order chi connectivity index (χ1) is 16.7. The van der Waals surface area contributed by atoms with Crippen molar-refractivity contribution in [1.29, 1.82) is 0 Å². The normalized spacial score (nSPS) is 12.4. The molecule has 0 fully saturated rings. The molecule has 0 saturated heterocycles. The molecule has 0 spiro atoms. The molecular weight excluding hydrogens is 446 g/mol. The molecule has 0 radical (unpaired) electrons. The summed E-state index contributed by atoms with van der Waals surface area (Å²) in [5.41, 5.74) is 0.123. The fraction of sp³-hybridized carbons (Fsp3) is 0.808. The van der Waals surface area contributed by atoms with Gasteiger partial charge in [0.05, 0.1) is 6.33 Å². The molecule has 0 aliphatic heterocycles. The lowest BCUT2D eigenvalue weighted by Gasteiger charge is -2.11. The molecule has 0 aromatic carbocycles. The smallest absolute Gasteiger partial charge is 0.278 e. The molecule has 0 saturated carbocycles. The largest absolute Gasteiger partial charge is 0.382 e. The van der Waals surface area contributed by atoms with E-state index in [-0.39, 0.29) is 5.56 Å². The first-order valence-corrected chi connectivity index (χ1v) is 14.7. The van der Waals surface area contributed by atoms with Crippen molar-refractivity contribution in [3.63, 3.8) is 0 Å². The monoisotopic (exact) mass is 493 g/mol. The van der Waals surface area contributed by atoms with E-state index < -0.39 is 5.44 Å². The van der Waals surface area contributed by atoms with E-state index in [1.807, 2.05) is 0 Å². The van der Waals surface area contributed by atoms with Crippen LogP contribution in [0.3, 0.4) is 0 Å². The lowest BCUT2D eigenvalue weighted by atomic mass is 10.0. The number of aromatic nitrogens is 4. The van der Waals surface area contributed by atoms with Crippen molar-refractivity contribution in [2.75, 3.05) is 17.6 Å². The van der Waals surface area contributed by atoms with E-state index in [4.69, 9.17) is 0 Å². The fourth-order valence-corrected chi connectivity index (χ4v) is 5.12. The number of imidazole rings is 1. The highest BCUT2D eigenvalue weighted by molar-refractivity contribution is 7.99. The molecule has 2 heterocycles. The van der Waals surface area contributed by atoms with Crippen molar-refractivity contribution >= 4 is 28.9 Å². The van der Waals surface area contributed by atoms with E-state index in [9.17, 15) is 9.90 Å². The molecule has 0 aliphatic rings. The number of aliphatic hydroxyl groups excluding tert-OH is 1. The third-order valence-corrected chi connectivity index (χ3v) is 7.43. The van der Waals surface area contributed by atoms with Crippen molar-refractivity contribution in [3.8, 4) is 0 Å². The average Bonchev–Trinajstić information content (AvgIpc) is 3.30. The standard InChI is InChI=1S/C26H47N5O2S/c1-2-3-4-5-6-7-8-9-10-11-12-13-14-15-16-17-20-34-22(32)18-19-27-26-30-24-23(25(33)31-26)28-21-29-24/h21-22,32H,2-20H2,1H3,(H3,27,28,29,30,31,33). The Bertz CT molecular complexity index is 810. The van der Waals surface area contributed by atoms with Gasteiger partial charge < -0.3 is 15.4 Å². The Morgan fingerprint density at radius 2 is 1.47 bits per heavy atom. The minimum absolute atomic E-state index is 0.247. The van der Waals surface area contributed by atoms with Crippen LogP contribution in [-0.2, 0) is 0 Å². The summed E-state index contributed by atoms with van der Waals surface area (Å²) in [7, 11) is 0. The maximum atomic E-state index is 11.9. The highest BCUT2D eigenvalue weighted by Gasteiger charge is 2.07. The highest BCUT2D eigenvalue weighted by Crippen LogP contribution is 2.17. The van der Waals surface area contributed by atoms with Crippen LogP contribution in [0.15, 0.2) is 11.1 Å². The third kappa shape index (κ3) is 12.8. The van der Waals surface area contributed by atoms with Gasteiger partial charge in [0.1, 0.15) is 5.44 Å². The van der Waals surface area contributed by atoms with E-state index in [2.05, 4.69) is 32.2 Å². The van der Waals surface area contributed by atoms with Gasteiger partial charge in [-0.1, -0.05) is 103 Å². The summed E-state index contributed by atoms with van der Waals surface area (Å²) in [6, 6.07) is 0. The lowest BCUT2D eigenvalue weighted by molar-refractivity contribution is 0.257. The van der Waals surface area contributed by atoms with Gasteiger partial charge in [-0.3, -0.25) is 9.78 Å². The zero-order chi connectivity index (χ0) is 24.3. The summed E-state index contributed by atoms with van der Waals surface area (Å²) in [5.74, 6) is 1.38. The van der Waals surface area contributed by atoms with Crippen LogP contribution in [0.2, 0.25) is 0 Å². The van der Waals surface area contributed by atoms with Crippen LogP contribution in [-0.4, -0.2) is 42.8 Å². The Morgan fingerprint density at radius 1 is 0.912 bits per heavy atom. The molecule has 34 heavy (non-hydrogen) atoms. The number of fused-ring (bicyclic) bond motifs is 1. The summed E-state index contributed by atoms with van der Waals surface area (Å²) >= 11 is 1.61. The molecular formula is C26H47N5O2S. The molecule has 2 rings (SSSR count). The number of thioether (sulfide) groups is 1. The summed E-state index contributed by atoms with van der Waals surface area (Å²) in [4.78, 5) is 25.6. The van der Waals surface area contributed by atoms with Crippen molar-refractivity contribution in [2.24, 2.45) is 0 Å². The number of aliphatic hydroxyl groups is 1. The number of H-pyrrole nitrogens is 2. The van der Waals surface area contributed by atoms with Gasteiger partial charge in [-0.15, -0.1) is 11.8 Å². The first kappa shape index (κ1) is 28.7. The number of nitrogens with one attached hydrogen (secondary N) is 3. The van der Waals surface area contributed by atoms with Gasteiger partial charge in [0.15, 0.2) is 11.2 Å². The third-order valence-electron chi connectivity index (χ3n) is 6.29. The van der Waals surface area contributed by atoms with Crippen molar-refractivity contribution in [2.45, 2.75) is 122 Å². The molecule has 2 aromatic rings. The van der Waals surface area contributed by atoms with Gasteiger partial charge in [-0.05, 0) is 12.2 Å². The summed E-state index contributed by atoms with van der Waals surface area (Å²) in [6.07, 6.45) is 24.1. The number of rotatable bonds is 22. The van der Waals surface area contributed by atoms with Gasteiger partial charge in [0.2, 0.25) is 5.95 Å². The van der Waals surface area contributed by atoms with Crippen molar-refractivity contribution < 1.29 is 5.11 Å². The minimum atomic E-state index is -0.398. The highest BCUT2D eigenvalue weighted by atomic mass is 32.2. The van der Waals surface area contributed by atoms with E-state index in [1.54, 1.807) is 11.8 Å². The summed E-state index contributed by atoms with van der Waals surface area (Å²) in [5, 5.41) is 13.2. The van der Waals surface area contributed by atoms with Gasteiger partial charge in [-0.2, -0.15) is 4.98 Å². The number of aromatic amines is 2. The molecule has 8 heteroatoms. The lowest BCUT2D eigenvalue weighted by Crippen LogP contribution is -2.16. The van der Waals surface area contributed by atoms with Crippen LogP contribution in [0.25, 0.3) is 11.2 Å². The van der Waals surface area contributed by atoms with Crippen LogP contribution in [0, 0.1) is 0 Å². The van der Waals surface area contributed by atoms with Crippen molar-refractivity contribution in [1.82, 2.24) is 19.9 Å². The Hall–Kier alpha value is -1.54. The van der Waals surface area contributed by atoms with E-state index in [0.717, 1.165) is 12.2 Å². The van der Waals surface area contributed by atoms with Gasteiger partial charge in [0.25, 0.3) is 5.56 Å². The molecule has 7 nitrogen and oxygen atoms in total. The first-order valence-electron chi connectivity index (χ1n) is 13.7. The molecule has 4 N–H and O–H groups in total. The number of nitrogens with zero attached hydrogens (tertiary/aromatic N) is 2. The molecule has 194 valence electrons. The Balaban J connectivity index is 1.33. The van der Waals surface area contributed by atoms with Crippen LogP contribution in [0.1, 0.15) is 116 Å². The molecule has 0 aliphatic carbocycles. The van der Waals surface area contributed by atoms with Gasteiger partial charge in [0, 0.05) is 13.0 Å². The molecule has 1 unspecified atom stereocenters. The second-order valence-electron chi connectivity index (χ2n) is 9.36. The fourth-order valence-electron chi connectivity index (χ4n) is 4.19. The number of hydrogen-bond donors (Lipinski definition) is 4. The average molecular weight is 494 g/mol. The van der Waals surface area contributed by atoms with Crippen LogP contribution < -0.4 is 10.9 Å². The Labute approximate surface area is 209 Å². The number of anilines is 1. The maximum absolute atomic E-state index is 11.9. The van der Waals surface area contributed by atoms with Crippen LogP contribution in [0.4, 0.5) is 5.95 Å². The molecule has 2 aromatic heterocycles. The summed E-state index contributed by atoms with van der Waals surface area (Å²) in [6.45, 7) is 2.83. The minimum Gasteiger partial charge on any atom is -0.382 e. The molecule has 0 amide bonds. The van der Waals surface area contributed by atoms with E-state index in [0.29, 0.717) is 30.1 Å². The summed E-state index contributed by atoms with van der Waals surface area (Å²) < 4.78 is 0. The molecule has 0 bridgehead atoms. The van der Waals surface area contributed by atoms with Crippen LogP contribution >= 0.6 is 11.8 Å². The Morgan fingerprint density at radius 3 is 2.06 bits per heavy atom. The maximum Gasteiger partial charge on any atom is 0.278 e. The quantitative estimate of drug-likeness (QED) is 0.107.